The van der Waals surface area contributed by atoms with Crippen LogP contribution >= 0.6 is 0 Å². The second-order valence-electron chi connectivity index (χ2n) is 4.07. The molecule has 1 aliphatic rings. The SMILES string of the molecule is CCOC(=O)C1C(CN=[N+]=[N-])C1(C)C. The molecule has 0 bridgehead atoms. The lowest BCUT2D eigenvalue weighted by Gasteiger charge is -2.01. The fourth-order valence-corrected chi connectivity index (χ4v) is 1.91. The summed E-state index contributed by atoms with van der Waals surface area (Å²) in [5, 5.41) is 3.49. The predicted octanol–water partition coefficient (Wildman–Crippen LogP) is 2.13. The fraction of sp³-hybridized carbons (Fsp3) is 0.889. The molecule has 1 fully saturated rings. The van der Waals surface area contributed by atoms with E-state index in [-0.39, 0.29) is 23.2 Å². The van der Waals surface area contributed by atoms with E-state index >= 15 is 0 Å². The maximum absolute atomic E-state index is 11.4. The minimum atomic E-state index is -0.171. The summed E-state index contributed by atoms with van der Waals surface area (Å²) in [5.74, 6) is -0.138. The number of azide groups is 1. The summed E-state index contributed by atoms with van der Waals surface area (Å²) < 4.78 is 4.94. The van der Waals surface area contributed by atoms with Gasteiger partial charge >= 0.3 is 5.97 Å². The van der Waals surface area contributed by atoms with E-state index < -0.39 is 0 Å². The topological polar surface area (TPSA) is 75.1 Å². The minimum Gasteiger partial charge on any atom is -0.466 e. The maximum atomic E-state index is 11.4. The van der Waals surface area contributed by atoms with Crippen LogP contribution in [0.5, 0.6) is 0 Å². The lowest BCUT2D eigenvalue weighted by molar-refractivity contribution is -0.145. The molecule has 0 aromatic heterocycles. The molecule has 14 heavy (non-hydrogen) atoms. The maximum Gasteiger partial charge on any atom is 0.309 e. The van der Waals surface area contributed by atoms with Crippen molar-refractivity contribution in [3.05, 3.63) is 10.4 Å². The number of carbonyl (C=O) groups excluding carboxylic acids is 1. The minimum absolute atomic E-state index is 0.0829. The first-order valence-electron chi connectivity index (χ1n) is 4.73. The van der Waals surface area contributed by atoms with Crippen LogP contribution in [0.4, 0.5) is 0 Å². The van der Waals surface area contributed by atoms with Crippen molar-refractivity contribution in [2.75, 3.05) is 13.2 Å². The lowest BCUT2D eigenvalue weighted by Crippen LogP contribution is -2.10. The zero-order chi connectivity index (χ0) is 10.8. The molecule has 2 unspecified atom stereocenters. The normalized spacial score (nSPS) is 27.6. The third-order valence-electron chi connectivity index (χ3n) is 2.93. The lowest BCUT2D eigenvalue weighted by atomic mass is 10.1. The monoisotopic (exact) mass is 197 g/mol. The quantitative estimate of drug-likeness (QED) is 0.299. The van der Waals surface area contributed by atoms with E-state index in [0.717, 1.165) is 0 Å². The summed E-state index contributed by atoms with van der Waals surface area (Å²) in [4.78, 5) is 14.1. The van der Waals surface area contributed by atoms with Crippen molar-refractivity contribution < 1.29 is 9.53 Å². The molecule has 2 atom stereocenters. The van der Waals surface area contributed by atoms with Gasteiger partial charge in [0.2, 0.25) is 0 Å². The first kappa shape index (κ1) is 10.9. The van der Waals surface area contributed by atoms with Gasteiger partial charge in [0.1, 0.15) is 0 Å². The molecule has 1 saturated carbocycles. The van der Waals surface area contributed by atoms with Gasteiger partial charge < -0.3 is 4.74 Å². The van der Waals surface area contributed by atoms with Crippen LogP contribution in [-0.4, -0.2) is 19.1 Å². The molecular weight excluding hydrogens is 182 g/mol. The van der Waals surface area contributed by atoms with Crippen molar-refractivity contribution in [1.29, 1.82) is 0 Å². The first-order valence-corrected chi connectivity index (χ1v) is 4.73. The van der Waals surface area contributed by atoms with Crippen LogP contribution in [-0.2, 0) is 9.53 Å². The smallest absolute Gasteiger partial charge is 0.309 e. The molecule has 1 aliphatic carbocycles. The highest BCUT2D eigenvalue weighted by Crippen LogP contribution is 2.58. The molecule has 78 valence electrons. The average molecular weight is 197 g/mol. The standard InChI is InChI=1S/C9H15N3O2/c1-4-14-8(13)7-6(5-11-12-10)9(7,2)3/h6-7H,4-5H2,1-3H3. The van der Waals surface area contributed by atoms with E-state index in [1.54, 1.807) is 6.92 Å². The van der Waals surface area contributed by atoms with Gasteiger partial charge in [-0.3, -0.25) is 4.79 Å². The zero-order valence-electron chi connectivity index (χ0n) is 8.73. The van der Waals surface area contributed by atoms with E-state index in [2.05, 4.69) is 10.0 Å². The molecule has 5 heteroatoms. The van der Waals surface area contributed by atoms with Crippen LogP contribution in [0.1, 0.15) is 20.8 Å². The number of hydrogen-bond donors (Lipinski definition) is 0. The van der Waals surface area contributed by atoms with Crippen molar-refractivity contribution in [2.24, 2.45) is 22.4 Å². The number of hydrogen-bond acceptors (Lipinski definition) is 3. The van der Waals surface area contributed by atoms with Crippen molar-refractivity contribution in [3.8, 4) is 0 Å². The van der Waals surface area contributed by atoms with Crippen molar-refractivity contribution in [2.45, 2.75) is 20.8 Å². The predicted molar refractivity (Wildman–Crippen MR) is 51.4 cm³/mol. The zero-order valence-corrected chi connectivity index (χ0v) is 8.73. The van der Waals surface area contributed by atoms with Crippen LogP contribution < -0.4 is 0 Å². The third kappa shape index (κ3) is 1.82. The third-order valence-corrected chi connectivity index (χ3v) is 2.93. The van der Waals surface area contributed by atoms with E-state index in [1.165, 1.54) is 0 Å². The van der Waals surface area contributed by atoms with E-state index in [4.69, 9.17) is 10.3 Å². The molecule has 0 amide bonds. The molecule has 0 radical (unpaired) electrons. The van der Waals surface area contributed by atoms with Gasteiger partial charge in [0.25, 0.3) is 0 Å². The van der Waals surface area contributed by atoms with Gasteiger partial charge in [-0.25, -0.2) is 0 Å². The van der Waals surface area contributed by atoms with Crippen LogP contribution in [0.25, 0.3) is 10.4 Å². The molecule has 0 aliphatic heterocycles. The summed E-state index contributed by atoms with van der Waals surface area (Å²) in [6.45, 7) is 6.56. The van der Waals surface area contributed by atoms with Gasteiger partial charge in [-0.15, -0.1) is 0 Å². The Labute approximate surface area is 83.1 Å². The summed E-state index contributed by atoms with van der Waals surface area (Å²) in [6.07, 6.45) is 0. The van der Waals surface area contributed by atoms with E-state index in [0.29, 0.717) is 13.2 Å². The van der Waals surface area contributed by atoms with Crippen molar-refractivity contribution >= 4 is 5.97 Å². The molecule has 0 aromatic carbocycles. The van der Waals surface area contributed by atoms with Gasteiger partial charge in [0.15, 0.2) is 0 Å². The van der Waals surface area contributed by atoms with Crippen molar-refractivity contribution in [1.82, 2.24) is 0 Å². The molecule has 0 aromatic rings. The Bertz CT molecular complexity index is 282. The van der Waals surface area contributed by atoms with Gasteiger partial charge in [0.05, 0.1) is 12.5 Å². The number of nitrogens with zero attached hydrogens (tertiary/aromatic N) is 3. The van der Waals surface area contributed by atoms with Crippen LogP contribution in [0.2, 0.25) is 0 Å². The highest BCUT2D eigenvalue weighted by molar-refractivity contribution is 5.77. The van der Waals surface area contributed by atoms with E-state index in [1.807, 2.05) is 13.8 Å². The number of esters is 1. The highest BCUT2D eigenvalue weighted by atomic mass is 16.5. The van der Waals surface area contributed by atoms with Crippen LogP contribution in [0.15, 0.2) is 5.11 Å². The largest absolute Gasteiger partial charge is 0.466 e. The molecule has 0 spiro atoms. The Morgan fingerprint density at radius 2 is 2.29 bits per heavy atom. The van der Waals surface area contributed by atoms with Gasteiger partial charge in [-0.05, 0) is 23.8 Å². The van der Waals surface area contributed by atoms with Crippen LogP contribution in [0, 0.1) is 17.3 Å². The van der Waals surface area contributed by atoms with Gasteiger partial charge in [-0.1, -0.05) is 19.0 Å². The molecule has 1 rings (SSSR count). The Morgan fingerprint density at radius 3 is 2.79 bits per heavy atom. The first-order chi connectivity index (χ1) is 6.55. The Morgan fingerprint density at radius 1 is 1.64 bits per heavy atom. The number of ether oxygens (including phenoxy) is 1. The summed E-state index contributed by atoms with van der Waals surface area (Å²) in [6, 6.07) is 0. The highest BCUT2D eigenvalue weighted by Gasteiger charge is 2.61. The summed E-state index contributed by atoms with van der Waals surface area (Å²) >= 11 is 0. The Hall–Kier alpha value is -1.22. The number of rotatable bonds is 4. The molecule has 0 heterocycles. The summed E-state index contributed by atoms with van der Waals surface area (Å²) in [7, 11) is 0. The van der Waals surface area contributed by atoms with E-state index in [9.17, 15) is 4.79 Å². The van der Waals surface area contributed by atoms with Gasteiger partial charge in [0, 0.05) is 11.5 Å². The second-order valence-corrected chi connectivity index (χ2v) is 4.07. The Balaban J connectivity index is 2.56. The molecule has 0 saturated heterocycles. The Kier molecular flexibility index (Phi) is 3.01. The van der Waals surface area contributed by atoms with Crippen LogP contribution in [0.3, 0.4) is 0 Å². The number of carbonyl (C=O) groups is 1. The molecule has 0 N–H and O–H groups in total. The van der Waals surface area contributed by atoms with Crippen molar-refractivity contribution in [3.63, 3.8) is 0 Å². The molecule has 5 nitrogen and oxygen atoms in total. The second kappa shape index (κ2) is 3.88. The fourth-order valence-electron chi connectivity index (χ4n) is 1.91. The molecular formula is C9H15N3O2. The summed E-state index contributed by atoms with van der Waals surface area (Å²) in [5.41, 5.74) is 8.10. The average Bonchev–Trinajstić information content (AvgIpc) is 2.65. The van der Waals surface area contributed by atoms with Gasteiger partial charge in [-0.2, -0.15) is 0 Å².